The fraction of sp³-hybridized carbons (Fsp3) is 0.312. The van der Waals surface area contributed by atoms with Crippen molar-refractivity contribution in [2.75, 3.05) is 0 Å². The van der Waals surface area contributed by atoms with Crippen LogP contribution in [0.1, 0.15) is 85.1 Å². The van der Waals surface area contributed by atoms with Gasteiger partial charge in [-0.1, -0.05) is 51.0 Å². The van der Waals surface area contributed by atoms with Crippen LogP contribution in [0, 0.1) is 65.6 Å². The standard InChI is InChI=1S/2C16H15N5O2/c2*1-2-3-4-16-19-14(9-17)15(10-18)20(16)11-12-5-7-13(8-6-12)21(22)23/h2*5-8H,2-4,11H2,1H3. The average Bonchev–Trinajstić information content (AvgIpc) is 3.59. The van der Waals surface area contributed by atoms with Gasteiger partial charge in [0.15, 0.2) is 22.8 Å². The zero-order valence-electron chi connectivity index (χ0n) is 25.4. The van der Waals surface area contributed by atoms with E-state index in [4.69, 9.17) is 10.5 Å². The molecular formula is C32H30N10O4. The van der Waals surface area contributed by atoms with E-state index in [0.717, 1.165) is 36.8 Å². The van der Waals surface area contributed by atoms with Gasteiger partial charge in [0.2, 0.25) is 0 Å². The molecule has 0 atom stereocenters. The van der Waals surface area contributed by atoms with E-state index in [-0.39, 0.29) is 34.2 Å². The maximum atomic E-state index is 10.7. The van der Waals surface area contributed by atoms with Crippen molar-refractivity contribution in [1.82, 2.24) is 19.1 Å². The Labute approximate surface area is 265 Å². The highest BCUT2D eigenvalue weighted by molar-refractivity contribution is 5.41. The van der Waals surface area contributed by atoms with E-state index in [2.05, 4.69) is 23.8 Å². The molecule has 14 nitrogen and oxygen atoms in total. The van der Waals surface area contributed by atoms with Crippen molar-refractivity contribution in [3.8, 4) is 24.3 Å². The molecule has 2 aromatic heterocycles. The summed E-state index contributed by atoms with van der Waals surface area (Å²) in [6.07, 6.45) is 5.14. The zero-order chi connectivity index (χ0) is 33.6. The first-order chi connectivity index (χ1) is 22.2. The number of unbranched alkanes of at least 4 members (excludes halogenated alkanes) is 2. The minimum Gasteiger partial charge on any atom is -0.314 e. The molecule has 4 aromatic rings. The molecule has 0 saturated carbocycles. The first-order valence-electron chi connectivity index (χ1n) is 14.5. The molecule has 4 rings (SSSR count). The Morgan fingerprint density at radius 2 is 0.978 bits per heavy atom. The number of nitrogens with zero attached hydrogens (tertiary/aromatic N) is 10. The number of nitro benzene ring substituents is 2. The van der Waals surface area contributed by atoms with Crippen LogP contribution >= 0.6 is 0 Å². The predicted octanol–water partition coefficient (Wildman–Crippen LogP) is 5.85. The summed E-state index contributed by atoms with van der Waals surface area (Å²) in [6.45, 7) is 4.82. The van der Waals surface area contributed by atoms with Crippen LogP contribution in [0.25, 0.3) is 0 Å². The van der Waals surface area contributed by atoms with E-state index in [1.165, 1.54) is 24.3 Å². The lowest BCUT2D eigenvalue weighted by atomic mass is 10.2. The van der Waals surface area contributed by atoms with Gasteiger partial charge in [0, 0.05) is 37.1 Å². The third-order valence-electron chi connectivity index (χ3n) is 7.00. The maximum absolute atomic E-state index is 10.7. The number of aromatic nitrogens is 4. The molecule has 46 heavy (non-hydrogen) atoms. The molecule has 0 aliphatic rings. The maximum Gasteiger partial charge on any atom is 0.269 e. The Morgan fingerprint density at radius 3 is 1.24 bits per heavy atom. The van der Waals surface area contributed by atoms with Crippen LogP contribution in [-0.2, 0) is 25.9 Å². The van der Waals surface area contributed by atoms with Gasteiger partial charge in [-0.3, -0.25) is 20.2 Å². The normalized spacial score (nSPS) is 10.0. The summed E-state index contributed by atoms with van der Waals surface area (Å²) in [5.41, 5.74) is 2.38. The summed E-state index contributed by atoms with van der Waals surface area (Å²) in [7, 11) is 0. The first-order valence-corrected chi connectivity index (χ1v) is 14.5. The number of rotatable bonds is 12. The topological polar surface area (TPSA) is 217 Å². The van der Waals surface area contributed by atoms with E-state index in [9.17, 15) is 30.8 Å². The molecule has 0 N–H and O–H groups in total. The smallest absolute Gasteiger partial charge is 0.269 e. The highest BCUT2D eigenvalue weighted by Gasteiger charge is 2.18. The first kappa shape index (κ1) is 34.1. The van der Waals surface area contributed by atoms with Crippen molar-refractivity contribution >= 4 is 11.4 Å². The van der Waals surface area contributed by atoms with Crippen molar-refractivity contribution in [1.29, 1.82) is 21.0 Å². The number of hydrogen-bond acceptors (Lipinski definition) is 10. The molecule has 0 bridgehead atoms. The Balaban J connectivity index is 0.000000250. The molecule has 0 unspecified atom stereocenters. The summed E-state index contributed by atoms with van der Waals surface area (Å²) < 4.78 is 3.44. The summed E-state index contributed by atoms with van der Waals surface area (Å²) >= 11 is 0. The number of nitro groups is 2. The second-order valence-corrected chi connectivity index (χ2v) is 10.1. The molecule has 0 amide bonds. The van der Waals surface area contributed by atoms with Gasteiger partial charge < -0.3 is 9.13 Å². The fourth-order valence-corrected chi connectivity index (χ4v) is 4.58. The lowest BCUT2D eigenvalue weighted by molar-refractivity contribution is -0.385. The van der Waals surface area contributed by atoms with Gasteiger partial charge in [-0.2, -0.15) is 21.0 Å². The molecule has 14 heteroatoms. The Kier molecular flexibility index (Phi) is 12.2. The Bertz CT molecular complexity index is 1720. The number of imidazole rings is 2. The summed E-state index contributed by atoms with van der Waals surface area (Å²) in [6, 6.07) is 20.3. The van der Waals surface area contributed by atoms with E-state index < -0.39 is 9.85 Å². The van der Waals surface area contributed by atoms with Gasteiger partial charge in [0.05, 0.1) is 22.9 Å². The second kappa shape index (κ2) is 16.5. The molecule has 2 aromatic carbocycles. The minimum atomic E-state index is -0.456. The molecule has 0 aliphatic heterocycles. The van der Waals surface area contributed by atoms with Crippen LogP contribution in [0.2, 0.25) is 0 Å². The lowest BCUT2D eigenvalue weighted by Crippen LogP contribution is -2.07. The second-order valence-electron chi connectivity index (χ2n) is 10.1. The van der Waals surface area contributed by atoms with Crippen LogP contribution in [-0.4, -0.2) is 28.9 Å². The van der Waals surface area contributed by atoms with Gasteiger partial charge in [-0.25, -0.2) is 9.97 Å². The molecule has 0 fully saturated rings. The van der Waals surface area contributed by atoms with Crippen molar-refractivity contribution in [2.24, 2.45) is 0 Å². The Hall–Kier alpha value is -6.38. The van der Waals surface area contributed by atoms with Gasteiger partial charge in [-0.05, 0) is 24.0 Å². The van der Waals surface area contributed by atoms with Crippen molar-refractivity contribution in [2.45, 2.75) is 65.5 Å². The highest BCUT2D eigenvalue weighted by Crippen LogP contribution is 2.20. The van der Waals surface area contributed by atoms with Crippen LogP contribution in [0.5, 0.6) is 0 Å². The molecule has 2 heterocycles. The van der Waals surface area contributed by atoms with Crippen LogP contribution in [0.3, 0.4) is 0 Å². The summed E-state index contributed by atoms with van der Waals surface area (Å²) in [4.78, 5) is 29.0. The van der Waals surface area contributed by atoms with Crippen LogP contribution in [0.15, 0.2) is 48.5 Å². The van der Waals surface area contributed by atoms with Gasteiger partial charge in [0.1, 0.15) is 35.9 Å². The van der Waals surface area contributed by atoms with Crippen LogP contribution in [0.4, 0.5) is 11.4 Å². The van der Waals surface area contributed by atoms with E-state index in [1.54, 1.807) is 33.4 Å². The number of non-ortho nitro benzene ring substituents is 2. The average molecular weight is 619 g/mol. The molecule has 0 radical (unpaired) electrons. The quantitative estimate of drug-likeness (QED) is 0.136. The molecule has 0 spiro atoms. The third kappa shape index (κ3) is 8.37. The largest absolute Gasteiger partial charge is 0.314 e. The number of benzene rings is 2. The minimum absolute atomic E-state index is 0.0174. The van der Waals surface area contributed by atoms with Gasteiger partial charge >= 0.3 is 0 Å². The number of aryl methyl sites for hydroxylation is 2. The molecule has 0 saturated heterocycles. The van der Waals surface area contributed by atoms with E-state index in [1.807, 2.05) is 24.3 Å². The summed E-state index contributed by atoms with van der Waals surface area (Å²) in [5.74, 6) is 1.39. The number of hydrogen-bond donors (Lipinski definition) is 0. The van der Waals surface area contributed by atoms with Crippen molar-refractivity contribution in [3.05, 3.63) is 114 Å². The van der Waals surface area contributed by atoms with Crippen molar-refractivity contribution < 1.29 is 9.85 Å². The molecule has 0 aliphatic carbocycles. The Morgan fingerprint density at radius 1 is 0.630 bits per heavy atom. The lowest BCUT2D eigenvalue weighted by Gasteiger charge is -2.09. The summed E-state index contributed by atoms with van der Waals surface area (Å²) in [5, 5.41) is 58.3. The van der Waals surface area contributed by atoms with Crippen molar-refractivity contribution in [3.63, 3.8) is 0 Å². The third-order valence-corrected chi connectivity index (χ3v) is 7.00. The molecule has 232 valence electrons. The highest BCUT2D eigenvalue weighted by atomic mass is 16.6. The fourth-order valence-electron chi connectivity index (χ4n) is 4.58. The monoisotopic (exact) mass is 618 g/mol. The SMILES string of the molecule is CCCCc1nc(C#N)c(C#N)n1Cc1ccc([N+](=O)[O-])cc1.CCCCc1nc(C#N)c(C#N)n1Cc1ccc([N+](=O)[O-])cc1. The van der Waals surface area contributed by atoms with E-state index >= 15 is 0 Å². The van der Waals surface area contributed by atoms with Gasteiger partial charge in [-0.15, -0.1) is 0 Å². The van der Waals surface area contributed by atoms with Gasteiger partial charge in [0.25, 0.3) is 11.4 Å². The zero-order valence-corrected chi connectivity index (χ0v) is 25.4. The van der Waals surface area contributed by atoms with Crippen LogP contribution < -0.4 is 0 Å². The number of nitriles is 4. The predicted molar refractivity (Wildman–Crippen MR) is 165 cm³/mol. The van der Waals surface area contributed by atoms with E-state index in [0.29, 0.717) is 37.6 Å². The molecular weight excluding hydrogens is 588 g/mol.